The summed E-state index contributed by atoms with van der Waals surface area (Å²) in [6.45, 7) is 4.11. The van der Waals surface area contributed by atoms with Crippen molar-refractivity contribution >= 4 is 29.8 Å². The lowest BCUT2D eigenvalue weighted by Gasteiger charge is -1.97. The zero-order valence-corrected chi connectivity index (χ0v) is 7.11. The Kier molecular flexibility index (Phi) is 5.98. The molecule has 0 unspecified atom stereocenters. The monoisotopic (exact) mass is 170 g/mol. The Morgan fingerprint density at radius 1 is 1.62 bits per heavy atom. The van der Waals surface area contributed by atoms with Crippen LogP contribution in [-0.4, -0.2) is 14.3 Å². The van der Waals surface area contributed by atoms with Gasteiger partial charge in [-0.3, -0.25) is 0 Å². The van der Waals surface area contributed by atoms with Crippen LogP contribution in [0.1, 0.15) is 6.42 Å². The Labute approximate surface area is 60.4 Å². The molecule has 0 aromatic rings. The van der Waals surface area contributed by atoms with Gasteiger partial charge >= 0.3 is 7.66 Å². The number of hydrogen-bond acceptors (Lipinski definition) is 1. The van der Waals surface area contributed by atoms with E-state index in [4.69, 9.17) is 26.6 Å². The highest BCUT2D eigenvalue weighted by atomic mass is 35.7. The Bertz CT molecular complexity index is 67.1. The molecule has 0 N–H and O–H groups in total. The van der Waals surface area contributed by atoms with E-state index >= 15 is 0 Å². The van der Waals surface area contributed by atoms with E-state index in [0.29, 0.717) is 6.61 Å². The molecule has 0 aromatic heterocycles. The quantitative estimate of drug-likeness (QED) is 0.271. The molecule has 0 aromatic carbocycles. The first-order valence-electron chi connectivity index (χ1n) is 2.28. The molecule has 0 fully saturated rings. The average Bonchev–Trinajstić information content (AvgIpc) is 1.66. The maximum Gasteiger partial charge on any atom is 0.373 e. The lowest BCUT2D eigenvalue weighted by molar-refractivity contribution is 0.349. The molecule has 0 amide bonds. The Morgan fingerprint density at radius 3 is 2.62 bits per heavy atom. The molecule has 0 aliphatic carbocycles. The molecule has 0 radical (unpaired) electrons. The molecule has 0 saturated heterocycles. The second-order valence-corrected chi connectivity index (χ2v) is 5.11. The van der Waals surface area contributed by atoms with Crippen LogP contribution in [0.4, 0.5) is 0 Å². The van der Waals surface area contributed by atoms with E-state index < -0.39 is 7.66 Å². The van der Waals surface area contributed by atoms with Gasteiger partial charge in [0.1, 0.15) is 0 Å². The van der Waals surface area contributed by atoms with Gasteiger partial charge in [-0.2, -0.15) is 0 Å². The van der Waals surface area contributed by atoms with E-state index in [-0.39, 0.29) is 0 Å². The Morgan fingerprint density at radius 2 is 2.25 bits per heavy atom. The summed E-state index contributed by atoms with van der Waals surface area (Å²) in [5, 5.41) is 0. The third kappa shape index (κ3) is 6.50. The zero-order valence-electron chi connectivity index (χ0n) is 4.44. The lowest BCUT2D eigenvalue weighted by atomic mass is 10.5. The van der Waals surface area contributed by atoms with Crippen molar-refractivity contribution in [2.24, 2.45) is 0 Å². The van der Waals surface area contributed by atoms with E-state index in [1.165, 1.54) is 0 Å². The van der Waals surface area contributed by atoms with Gasteiger partial charge < -0.3 is 4.43 Å². The largest absolute Gasteiger partial charge is 0.394 e. The summed E-state index contributed by atoms with van der Waals surface area (Å²) < 4.78 is 4.88. The molecule has 0 aliphatic rings. The molecule has 48 valence electrons. The Balaban J connectivity index is 2.81. The molecule has 0 bridgehead atoms. The number of hydrogen-bond donors (Lipinski definition) is 0. The van der Waals surface area contributed by atoms with Crippen molar-refractivity contribution in [1.29, 1.82) is 0 Å². The summed E-state index contributed by atoms with van der Waals surface area (Å²) in [5.74, 6) is 0. The van der Waals surface area contributed by atoms with Crippen molar-refractivity contribution in [3.05, 3.63) is 12.7 Å². The van der Waals surface area contributed by atoms with E-state index in [1.54, 1.807) is 6.08 Å². The first kappa shape index (κ1) is 8.50. The van der Waals surface area contributed by atoms with Crippen LogP contribution >= 0.6 is 22.2 Å². The molecule has 0 saturated carbocycles. The third-order valence-corrected chi connectivity index (χ3v) is 1.81. The fourth-order valence-corrected chi connectivity index (χ4v) is 1.09. The summed E-state index contributed by atoms with van der Waals surface area (Å²) in [6, 6.07) is 0. The predicted octanol–water partition coefficient (Wildman–Crippen LogP) is 1.77. The Hall–Kier alpha value is 0.497. The van der Waals surface area contributed by atoms with Crippen molar-refractivity contribution in [3.8, 4) is 0 Å². The molecular weight excluding hydrogens is 163 g/mol. The minimum Gasteiger partial charge on any atom is -0.394 e. The molecule has 0 rings (SSSR count). The molecular formula is C4H8Cl2OSi. The summed E-state index contributed by atoms with van der Waals surface area (Å²) in [4.78, 5) is 0. The topological polar surface area (TPSA) is 9.23 Å². The second-order valence-electron chi connectivity index (χ2n) is 1.21. The highest BCUT2D eigenvalue weighted by Crippen LogP contribution is 1.97. The SMILES string of the molecule is C=CCCO[SiH](Cl)Cl. The van der Waals surface area contributed by atoms with Gasteiger partial charge in [0.15, 0.2) is 0 Å². The molecule has 0 atom stereocenters. The van der Waals surface area contributed by atoms with Gasteiger partial charge in [0.2, 0.25) is 0 Å². The molecule has 0 aliphatic heterocycles. The minimum absolute atomic E-state index is 0.605. The zero-order chi connectivity index (χ0) is 6.41. The third-order valence-electron chi connectivity index (χ3n) is 0.566. The van der Waals surface area contributed by atoms with E-state index in [2.05, 4.69) is 6.58 Å². The highest BCUT2D eigenvalue weighted by Gasteiger charge is 1.98. The van der Waals surface area contributed by atoms with Crippen molar-refractivity contribution in [2.45, 2.75) is 6.42 Å². The smallest absolute Gasteiger partial charge is 0.373 e. The van der Waals surface area contributed by atoms with Crippen LogP contribution in [0.2, 0.25) is 0 Å². The van der Waals surface area contributed by atoms with Gasteiger partial charge in [0, 0.05) is 6.61 Å². The molecule has 1 nitrogen and oxygen atoms in total. The predicted molar refractivity (Wildman–Crippen MR) is 39.6 cm³/mol. The van der Waals surface area contributed by atoms with E-state index in [0.717, 1.165) is 6.42 Å². The normalized spacial score (nSPS) is 9.88. The van der Waals surface area contributed by atoms with E-state index in [9.17, 15) is 0 Å². The average molecular weight is 171 g/mol. The van der Waals surface area contributed by atoms with Crippen LogP contribution in [0.3, 0.4) is 0 Å². The van der Waals surface area contributed by atoms with E-state index in [1.807, 2.05) is 0 Å². The van der Waals surface area contributed by atoms with Crippen LogP contribution in [0, 0.1) is 0 Å². The molecule has 8 heavy (non-hydrogen) atoms. The fourth-order valence-electron chi connectivity index (χ4n) is 0.240. The summed E-state index contributed by atoms with van der Waals surface area (Å²) in [7, 11) is -1.81. The van der Waals surface area contributed by atoms with Gasteiger partial charge in [-0.25, -0.2) is 0 Å². The first-order valence-corrected chi connectivity index (χ1v) is 6.24. The molecule has 4 heteroatoms. The highest BCUT2D eigenvalue weighted by molar-refractivity contribution is 7.30. The van der Waals surface area contributed by atoms with Crippen LogP contribution in [0.5, 0.6) is 0 Å². The second kappa shape index (κ2) is 5.63. The van der Waals surface area contributed by atoms with Crippen LogP contribution in [-0.2, 0) is 4.43 Å². The van der Waals surface area contributed by atoms with Crippen LogP contribution < -0.4 is 0 Å². The summed E-state index contributed by atoms with van der Waals surface area (Å²) in [5.41, 5.74) is 0. The van der Waals surface area contributed by atoms with Crippen molar-refractivity contribution < 1.29 is 4.43 Å². The number of rotatable bonds is 4. The maximum atomic E-state index is 5.36. The summed E-state index contributed by atoms with van der Waals surface area (Å²) in [6.07, 6.45) is 2.59. The molecule has 0 spiro atoms. The maximum absolute atomic E-state index is 5.36. The van der Waals surface area contributed by atoms with Gasteiger partial charge in [0.25, 0.3) is 0 Å². The van der Waals surface area contributed by atoms with Gasteiger partial charge in [-0.15, -0.1) is 28.7 Å². The first-order chi connectivity index (χ1) is 3.77. The minimum atomic E-state index is -1.81. The van der Waals surface area contributed by atoms with Crippen molar-refractivity contribution in [1.82, 2.24) is 0 Å². The van der Waals surface area contributed by atoms with Crippen molar-refractivity contribution in [3.63, 3.8) is 0 Å². The fraction of sp³-hybridized carbons (Fsp3) is 0.500. The number of halogens is 2. The van der Waals surface area contributed by atoms with Gasteiger partial charge in [0.05, 0.1) is 0 Å². The van der Waals surface area contributed by atoms with Crippen LogP contribution in [0.25, 0.3) is 0 Å². The van der Waals surface area contributed by atoms with Gasteiger partial charge in [-0.1, -0.05) is 6.08 Å². The van der Waals surface area contributed by atoms with Gasteiger partial charge in [-0.05, 0) is 6.42 Å². The van der Waals surface area contributed by atoms with Crippen molar-refractivity contribution in [2.75, 3.05) is 6.61 Å². The van der Waals surface area contributed by atoms with Crippen LogP contribution in [0.15, 0.2) is 12.7 Å². The summed E-state index contributed by atoms with van der Waals surface area (Å²) >= 11 is 10.7. The lowest BCUT2D eigenvalue weighted by Crippen LogP contribution is -2.01. The standard InChI is InChI=1S/C4H8Cl2OSi/c1-2-3-4-7-8(5)6/h2,8H,1,3-4H2. The molecule has 0 heterocycles.